The predicted molar refractivity (Wildman–Crippen MR) is 87.4 cm³/mol. The molecule has 2 atom stereocenters. The van der Waals surface area contributed by atoms with E-state index in [9.17, 15) is 4.79 Å². The van der Waals surface area contributed by atoms with Crippen molar-refractivity contribution in [1.29, 1.82) is 0 Å². The summed E-state index contributed by atoms with van der Waals surface area (Å²) in [5.74, 6) is 1.24. The standard InChI is InChI=1S/C16H19N3O2S/c1-10(14-8-21-15-6-4-3-5-13(14)15)17-7-12-9-22-16(19-12)18-11(2)20/h3-6,9-10,14,17H,7-8H2,1-2H3,(H,18,19,20)/t10-,14+/m0/s1. The molecule has 0 bridgehead atoms. The Balaban J connectivity index is 1.58. The zero-order valence-electron chi connectivity index (χ0n) is 12.6. The van der Waals surface area contributed by atoms with Gasteiger partial charge in [0.05, 0.1) is 12.3 Å². The van der Waals surface area contributed by atoms with Gasteiger partial charge in [-0.3, -0.25) is 4.79 Å². The Hall–Kier alpha value is -1.92. The van der Waals surface area contributed by atoms with E-state index in [1.807, 2.05) is 23.6 Å². The molecular formula is C16H19N3O2S. The molecule has 1 aliphatic rings. The Morgan fingerprint density at radius 1 is 1.50 bits per heavy atom. The molecule has 116 valence electrons. The van der Waals surface area contributed by atoms with Crippen LogP contribution in [0.2, 0.25) is 0 Å². The number of hydrogen-bond acceptors (Lipinski definition) is 5. The van der Waals surface area contributed by atoms with Crippen molar-refractivity contribution in [2.45, 2.75) is 32.4 Å². The van der Waals surface area contributed by atoms with E-state index in [-0.39, 0.29) is 11.9 Å². The van der Waals surface area contributed by atoms with Gasteiger partial charge < -0.3 is 15.4 Å². The Kier molecular flexibility index (Phi) is 4.40. The Labute approximate surface area is 133 Å². The van der Waals surface area contributed by atoms with Crippen LogP contribution in [0, 0.1) is 0 Å². The highest BCUT2D eigenvalue weighted by atomic mass is 32.1. The minimum absolute atomic E-state index is 0.0954. The lowest BCUT2D eigenvalue weighted by Crippen LogP contribution is -2.32. The molecule has 1 aromatic heterocycles. The van der Waals surface area contributed by atoms with Gasteiger partial charge in [-0.2, -0.15) is 0 Å². The van der Waals surface area contributed by atoms with Gasteiger partial charge in [-0.1, -0.05) is 18.2 Å². The number of rotatable bonds is 5. The van der Waals surface area contributed by atoms with Crippen molar-refractivity contribution in [2.24, 2.45) is 0 Å². The number of benzene rings is 1. The maximum Gasteiger partial charge on any atom is 0.223 e. The fourth-order valence-electron chi connectivity index (χ4n) is 2.61. The average molecular weight is 317 g/mol. The lowest BCUT2D eigenvalue weighted by Gasteiger charge is -2.19. The predicted octanol–water partition coefficient (Wildman–Crippen LogP) is 2.76. The Morgan fingerprint density at radius 2 is 2.32 bits per heavy atom. The molecule has 1 aliphatic heterocycles. The normalized spacial score (nSPS) is 17.6. The molecule has 2 aromatic rings. The number of nitrogens with zero attached hydrogens (tertiary/aromatic N) is 1. The lowest BCUT2D eigenvalue weighted by atomic mass is 9.94. The second-order valence-corrected chi connectivity index (χ2v) is 6.31. The third kappa shape index (κ3) is 3.28. The number of para-hydroxylation sites is 1. The minimum Gasteiger partial charge on any atom is -0.493 e. The molecule has 0 aliphatic carbocycles. The highest BCUT2D eigenvalue weighted by molar-refractivity contribution is 7.13. The summed E-state index contributed by atoms with van der Waals surface area (Å²) >= 11 is 1.44. The van der Waals surface area contributed by atoms with Gasteiger partial charge in [0, 0.05) is 36.4 Å². The van der Waals surface area contributed by atoms with E-state index >= 15 is 0 Å². The van der Waals surface area contributed by atoms with E-state index in [0.717, 1.165) is 11.4 Å². The number of fused-ring (bicyclic) bond motifs is 1. The van der Waals surface area contributed by atoms with Gasteiger partial charge in [0.1, 0.15) is 5.75 Å². The van der Waals surface area contributed by atoms with Gasteiger partial charge in [0.2, 0.25) is 5.91 Å². The van der Waals surface area contributed by atoms with E-state index in [0.29, 0.717) is 24.2 Å². The molecule has 0 fully saturated rings. The molecule has 0 saturated carbocycles. The number of amides is 1. The lowest BCUT2D eigenvalue weighted by molar-refractivity contribution is -0.114. The van der Waals surface area contributed by atoms with Crippen molar-refractivity contribution in [2.75, 3.05) is 11.9 Å². The van der Waals surface area contributed by atoms with E-state index in [2.05, 4.69) is 28.6 Å². The third-order valence-electron chi connectivity index (χ3n) is 3.78. The van der Waals surface area contributed by atoms with Crippen LogP contribution in [0.25, 0.3) is 0 Å². The van der Waals surface area contributed by atoms with E-state index in [1.165, 1.54) is 23.8 Å². The van der Waals surface area contributed by atoms with Gasteiger partial charge in [-0.25, -0.2) is 4.98 Å². The molecule has 6 heteroatoms. The number of hydrogen-bond donors (Lipinski definition) is 2. The highest BCUT2D eigenvalue weighted by Gasteiger charge is 2.28. The van der Waals surface area contributed by atoms with Gasteiger partial charge in [0.15, 0.2) is 5.13 Å². The van der Waals surface area contributed by atoms with Crippen molar-refractivity contribution in [1.82, 2.24) is 10.3 Å². The van der Waals surface area contributed by atoms with Crippen LogP contribution >= 0.6 is 11.3 Å². The van der Waals surface area contributed by atoms with Gasteiger partial charge >= 0.3 is 0 Å². The molecule has 22 heavy (non-hydrogen) atoms. The van der Waals surface area contributed by atoms with Crippen LogP contribution in [-0.4, -0.2) is 23.5 Å². The fraction of sp³-hybridized carbons (Fsp3) is 0.375. The molecule has 0 unspecified atom stereocenters. The molecule has 2 N–H and O–H groups in total. The first-order chi connectivity index (χ1) is 10.6. The summed E-state index contributed by atoms with van der Waals surface area (Å²) in [5.41, 5.74) is 2.20. The van der Waals surface area contributed by atoms with Gasteiger partial charge in [-0.15, -0.1) is 11.3 Å². The number of nitrogens with one attached hydrogen (secondary N) is 2. The summed E-state index contributed by atoms with van der Waals surface area (Å²) in [6.07, 6.45) is 0. The zero-order chi connectivity index (χ0) is 15.5. The molecule has 0 radical (unpaired) electrons. The molecule has 0 saturated heterocycles. The van der Waals surface area contributed by atoms with Gasteiger partial charge in [0.25, 0.3) is 0 Å². The number of thiazole rings is 1. The van der Waals surface area contributed by atoms with Crippen LogP contribution in [0.1, 0.15) is 31.0 Å². The Morgan fingerprint density at radius 3 is 3.14 bits per heavy atom. The fourth-order valence-corrected chi connectivity index (χ4v) is 3.36. The number of carbonyl (C=O) groups is 1. The first kappa shape index (κ1) is 15.0. The maximum atomic E-state index is 11.0. The van der Waals surface area contributed by atoms with Crippen molar-refractivity contribution in [3.05, 3.63) is 40.9 Å². The topological polar surface area (TPSA) is 63.2 Å². The van der Waals surface area contributed by atoms with Crippen LogP contribution in [0.5, 0.6) is 5.75 Å². The Bertz CT molecular complexity index is 671. The highest BCUT2D eigenvalue weighted by Crippen LogP contribution is 2.35. The summed E-state index contributed by atoms with van der Waals surface area (Å²) in [5, 5.41) is 8.81. The molecule has 5 nitrogen and oxygen atoms in total. The van der Waals surface area contributed by atoms with E-state index < -0.39 is 0 Å². The van der Waals surface area contributed by atoms with Crippen molar-refractivity contribution in [3.63, 3.8) is 0 Å². The smallest absolute Gasteiger partial charge is 0.223 e. The molecular weight excluding hydrogens is 298 g/mol. The van der Waals surface area contributed by atoms with Gasteiger partial charge in [-0.05, 0) is 13.0 Å². The van der Waals surface area contributed by atoms with Crippen LogP contribution < -0.4 is 15.4 Å². The van der Waals surface area contributed by atoms with E-state index in [4.69, 9.17) is 4.74 Å². The third-order valence-corrected chi connectivity index (χ3v) is 4.59. The molecule has 1 amide bonds. The largest absolute Gasteiger partial charge is 0.493 e. The number of carbonyl (C=O) groups excluding carboxylic acids is 1. The van der Waals surface area contributed by atoms with Crippen LogP contribution in [0.4, 0.5) is 5.13 Å². The second-order valence-electron chi connectivity index (χ2n) is 5.45. The molecule has 1 aromatic carbocycles. The average Bonchev–Trinajstić information content (AvgIpc) is 3.10. The number of anilines is 1. The SMILES string of the molecule is CC(=O)Nc1nc(CN[C@@H](C)[C@H]2COc3ccccc32)cs1. The van der Waals surface area contributed by atoms with Crippen molar-refractivity contribution < 1.29 is 9.53 Å². The number of aromatic nitrogens is 1. The second kappa shape index (κ2) is 6.46. The first-order valence-electron chi connectivity index (χ1n) is 7.30. The summed E-state index contributed by atoms with van der Waals surface area (Å²) in [6, 6.07) is 8.48. The van der Waals surface area contributed by atoms with Crippen LogP contribution in [0.15, 0.2) is 29.6 Å². The zero-order valence-corrected chi connectivity index (χ0v) is 13.4. The maximum absolute atomic E-state index is 11.0. The summed E-state index contributed by atoms with van der Waals surface area (Å²) in [6.45, 7) is 5.04. The number of ether oxygens (including phenoxy) is 1. The van der Waals surface area contributed by atoms with Crippen molar-refractivity contribution >= 4 is 22.4 Å². The summed E-state index contributed by atoms with van der Waals surface area (Å²) in [7, 11) is 0. The molecule has 0 spiro atoms. The molecule has 3 rings (SSSR count). The first-order valence-corrected chi connectivity index (χ1v) is 8.18. The van der Waals surface area contributed by atoms with E-state index in [1.54, 1.807) is 0 Å². The molecule has 2 heterocycles. The minimum atomic E-state index is -0.0954. The van der Waals surface area contributed by atoms with Crippen LogP contribution in [-0.2, 0) is 11.3 Å². The monoisotopic (exact) mass is 317 g/mol. The van der Waals surface area contributed by atoms with Crippen molar-refractivity contribution in [3.8, 4) is 5.75 Å². The summed E-state index contributed by atoms with van der Waals surface area (Å²) in [4.78, 5) is 15.4. The summed E-state index contributed by atoms with van der Waals surface area (Å²) < 4.78 is 5.73. The van der Waals surface area contributed by atoms with Crippen LogP contribution in [0.3, 0.4) is 0 Å². The quantitative estimate of drug-likeness (QED) is 0.890.